The average molecular weight is 409 g/mol. The molecule has 3 heteroatoms. The minimum Gasteiger partial charge on any atom is -0.329 e. The first kappa shape index (κ1) is 14.4. The molecular weight excluding hydrogens is 388 g/mol. The molecule has 1 nitrogen and oxygen atoms in total. The van der Waals surface area contributed by atoms with Crippen LogP contribution in [-0.2, 0) is 0 Å². The first-order chi connectivity index (χ1) is 6.31. The van der Waals surface area contributed by atoms with E-state index in [-0.39, 0.29) is 0 Å². The van der Waals surface area contributed by atoms with Gasteiger partial charge in [0.25, 0.3) is 0 Å². The third-order valence-corrected chi connectivity index (χ3v) is 4.05. The summed E-state index contributed by atoms with van der Waals surface area (Å²) in [6, 6.07) is 0. The summed E-state index contributed by atoms with van der Waals surface area (Å²) in [5.74, 6) is 0. The van der Waals surface area contributed by atoms with Crippen LogP contribution < -0.4 is 5.73 Å². The zero-order valence-corrected chi connectivity index (χ0v) is 12.6. The molecule has 0 aliphatic heterocycles. The van der Waals surface area contributed by atoms with Crippen molar-refractivity contribution in [3.05, 3.63) is 0 Å². The smallest absolute Gasteiger partial charge is 0.0232 e. The quantitative estimate of drug-likeness (QED) is 0.349. The SMILES string of the molecule is NCC(I)CCCCCCCCI. The maximum absolute atomic E-state index is 5.54. The van der Waals surface area contributed by atoms with Crippen LogP contribution in [0.1, 0.15) is 44.9 Å². The predicted molar refractivity (Wildman–Crippen MR) is 78.1 cm³/mol. The maximum atomic E-state index is 5.54. The number of nitrogens with two attached hydrogens (primary N) is 1. The fourth-order valence-corrected chi connectivity index (χ4v) is 2.27. The summed E-state index contributed by atoms with van der Waals surface area (Å²) in [5, 5.41) is 0. The van der Waals surface area contributed by atoms with E-state index in [1.54, 1.807) is 0 Å². The molecular formula is C10H21I2N. The van der Waals surface area contributed by atoms with E-state index in [1.165, 1.54) is 49.4 Å². The first-order valence-corrected chi connectivity index (χ1v) is 7.98. The molecule has 0 aromatic rings. The van der Waals surface area contributed by atoms with Crippen molar-refractivity contribution < 1.29 is 0 Å². The lowest BCUT2D eigenvalue weighted by atomic mass is 10.1. The minimum absolute atomic E-state index is 0.701. The highest BCUT2D eigenvalue weighted by molar-refractivity contribution is 14.1. The molecule has 0 amide bonds. The van der Waals surface area contributed by atoms with Gasteiger partial charge in [-0.3, -0.25) is 0 Å². The second-order valence-electron chi connectivity index (χ2n) is 3.43. The number of hydrogen-bond donors (Lipinski definition) is 1. The number of hydrogen-bond acceptors (Lipinski definition) is 1. The van der Waals surface area contributed by atoms with E-state index in [4.69, 9.17) is 5.73 Å². The van der Waals surface area contributed by atoms with Gasteiger partial charge >= 0.3 is 0 Å². The van der Waals surface area contributed by atoms with E-state index in [2.05, 4.69) is 45.2 Å². The van der Waals surface area contributed by atoms with Gasteiger partial charge in [-0.15, -0.1) is 0 Å². The van der Waals surface area contributed by atoms with Gasteiger partial charge in [0.05, 0.1) is 0 Å². The number of alkyl halides is 2. The van der Waals surface area contributed by atoms with Crippen LogP contribution in [0, 0.1) is 0 Å². The summed E-state index contributed by atoms with van der Waals surface area (Å²) in [7, 11) is 0. The second kappa shape index (κ2) is 11.5. The Morgan fingerprint density at radius 1 is 0.923 bits per heavy atom. The van der Waals surface area contributed by atoms with Gasteiger partial charge < -0.3 is 5.73 Å². The molecule has 0 fully saturated rings. The van der Waals surface area contributed by atoms with Gasteiger partial charge in [0.15, 0.2) is 0 Å². The summed E-state index contributed by atoms with van der Waals surface area (Å²) >= 11 is 4.91. The minimum atomic E-state index is 0.701. The highest BCUT2D eigenvalue weighted by Gasteiger charge is 1.99. The number of halogens is 2. The number of rotatable bonds is 9. The van der Waals surface area contributed by atoms with Crippen molar-refractivity contribution >= 4 is 45.2 Å². The van der Waals surface area contributed by atoms with Gasteiger partial charge in [-0.25, -0.2) is 0 Å². The lowest BCUT2D eigenvalue weighted by molar-refractivity contribution is 0.589. The Kier molecular flexibility index (Phi) is 12.8. The first-order valence-electron chi connectivity index (χ1n) is 5.21. The van der Waals surface area contributed by atoms with E-state index in [0.29, 0.717) is 3.92 Å². The summed E-state index contributed by atoms with van der Waals surface area (Å²) in [5.41, 5.74) is 5.54. The third kappa shape index (κ3) is 11.3. The van der Waals surface area contributed by atoms with E-state index >= 15 is 0 Å². The Morgan fingerprint density at radius 2 is 1.46 bits per heavy atom. The zero-order valence-electron chi connectivity index (χ0n) is 8.27. The van der Waals surface area contributed by atoms with E-state index in [0.717, 1.165) is 6.54 Å². The zero-order chi connectivity index (χ0) is 9.94. The largest absolute Gasteiger partial charge is 0.329 e. The Balaban J connectivity index is 2.91. The lowest BCUT2D eigenvalue weighted by Crippen LogP contribution is -2.12. The molecule has 0 aromatic heterocycles. The van der Waals surface area contributed by atoms with Crippen molar-refractivity contribution in [2.24, 2.45) is 5.73 Å². The monoisotopic (exact) mass is 409 g/mol. The van der Waals surface area contributed by atoms with Crippen LogP contribution in [0.4, 0.5) is 0 Å². The van der Waals surface area contributed by atoms with Crippen LogP contribution in [0.15, 0.2) is 0 Å². The molecule has 0 bridgehead atoms. The van der Waals surface area contributed by atoms with Crippen molar-refractivity contribution in [1.29, 1.82) is 0 Å². The molecule has 0 aliphatic rings. The Bertz CT molecular complexity index is 98.9. The van der Waals surface area contributed by atoms with Crippen LogP contribution in [0.5, 0.6) is 0 Å². The van der Waals surface area contributed by atoms with Crippen molar-refractivity contribution in [1.82, 2.24) is 0 Å². The van der Waals surface area contributed by atoms with Gasteiger partial charge in [0.1, 0.15) is 0 Å². The average Bonchev–Trinajstić information content (AvgIpc) is 2.16. The van der Waals surface area contributed by atoms with Crippen LogP contribution >= 0.6 is 45.2 Å². The van der Waals surface area contributed by atoms with Gasteiger partial charge in [0.2, 0.25) is 0 Å². The molecule has 0 heterocycles. The van der Waals surface area contributed by atoms with E-state index in [1.807, 2.05) is 0 Å². The summed E-state index contributed by atoms with van der Waals surface area (Å²) < 4.78 is 2.02. The normalized spacial score (nSPS) is 13.2. The van der Waals surface area contributed by atoms with Crippen LogP contribution in [0.25, 0.3) is 0 Å². The molecule has 80 valence electrons. The molecule has 0 spiro atoms. The van der Waals surface area contributed by atoms with E-state index < -0.39 is 0 Å². The van der Waals surface area contributed by atoms with Gasteiger partial charge in [-0.1, -0.05) is 77.3 Å². The molecule has 0 saturated heterocycles. The highest BCUT2D eigenvalue weighted by atomic mass is 127. The van der Waals surface area contributed by atoms with Gasteiger partial charge in [-0.05, 0) is 17.3 Å². The summed E-state index contributed by atoms with van der Waals surface area (Å²) in [4.78, 5) is 0. The van der Waals surface area contributed by atoms with Crippen molar-refractivity contribution in [3.8, 4) is 0 Å². The molecule has 1 atom stereocenters. The summed E-state index contributed by atoms with van der Waals surface area (Å²) in [6.07, 6.45) is 9.76. The van der Waals surface area contributed by atoms with Crippen LogP contribution in [0.3, 0.4) is 0 Å². The molecule has 2 N–H and O–H groups in total. The fourth-order valence-electron chi connectivity index (χ4n) is 1.29. The molecule has 0 aliphatic carbocycles. The Morgan fingerprint density at radius 3 is 2.00 bits per heavy atom. The summed E-state index contributed by atoms with van der Waals surface area (Å²) in [6.45, 7) is 0.843. The molecule has 1 unspecified atom stereocenters. The van der Waals surface area contributed by atoms with Crippen molar-refractivity contribution in [2.75, 3.05) is 11.0 Å². The van der Waals surface area contributed by atoms with Gasteiger partial charge in [-0.2, -0.15) is 0 Å². The topological polar surface area (TPSA) is 26.0 Å². The Hall–Kier alpha value is 1.42. The maximum Gasteiger partial charge on any atom is 0.0232 e. The number of unbranched alkanes of at least 4 members (excludes halogenated alkanes) is 5. The predicted octanol–water partition coefficient (Wildman–Crippen LogP) is 3.91. The highest BCUT2D eigenvalue weighted by Crippen LogP contribution is 2.12. The molecule has 0 rings (SSSR count). The third-order valence-electron chi connectivity index (χ3n) is 2.16. The molecule has 0 radical (unpaired) electrons. The van der Waals surface area contributed by atoms with Crippen molar-refractivity contribution in [3.63, 3.8) is 0 Å². The standard InChI is InChI=1S/C10H21I2N/c11-8-6-4-2-1-3-5-7-10(12)9-13/h10H,1-9,13H2. The molecule has 13 heavy (non-hydrogen) atoms. The Labute approximate surface area is 110 Å². The van der Waals surface area contributed by atoms with Gasteiger partial charge in [0, 0.05) is 10.5 Å². The molecule has 0 aromatic carbocycles. The fraction of sp³-hybridized carbons (Fsp3) is 1.00. The second-order valence-corrected chi connectivity index (χ2v) is 6.27. The van der Waals surface area contributed by atoms with Crippen LogP contribution in [0.2, 0.25) is 0 Å². The lowest BCUT2D eigenvalue weighted by Gasteiger charge is -2.05. The van der Waals surface area contributed by atoms with Crippen molar-refractivity contribution in [2.45, 2.75) is 48.9 Å². The molecule has 0 saturated carbocycles. The van der Waals surface area contributed by atoms with E-state index in [9.17, 15) is 0 Å². The van der Waals surface area contributed by atoms with Crippen LogP contribution in [-0.4, -0.2) is 14.9 Å².